The molecule has 2 aromatic rings. The maximum absolute atomic E-state index is 12.7. The third-order valence-electron chi connectivity index (χ3n) is 4.35. The molecule has 2 amide bonds. The number of rotatable bonds is 4. The number of methoxy groups -OCH3 is 3. The predicted molar refractivity (Wildman–Crippen MR) is 97.7 cm³/mol. The van der Waals surface area contributed by atoms with Crippen LogP contribution in [0.4, 0.5) is 10.5 Å². The van der Waals surface area contributed by atoms with Gasteiger partial charge in [-0.1, -0.05) is 12.1 Å². The molecule has 138 valence electrons. The Balaban J connectivity index is 2.10. The number of benzene rings is 2. The van der Waals surface area contributed by atoms with Gasteiger partial charge in [-0.2, -0.15) is 0 Å². The lowest BCUT2D eigenvalue weighted by Gasteiger charge is -2.37. The highest BCUT2D eigenvalue weighted by atomic mass is 16.5. The van der Waals surface area contributed by atoms with Crippen LogP contribution in [0.15, 0.2) is 36.4 Å². The van der Waals surface area contributed by atoms with Gasteiger partial charge in [0.2, 0.25) is 0 Å². The molecule has 0 fully saturated rings. The van der Waals surface area contributed by atoms with Crippen molar-refractivity contribution < 1.29 is 23.7 Å². The molecule has 3 rings (SSSR count). The van der Waals surface area contributed by atoms with E-state index in [1.807, 2.05) is 24.3 Å². The molecular weight excluding hydrogens is 336 g/mol. The Kier molecular flexibility index (Phi) is 5.06. The zero-order valence-electron chi connectivity index (χ0n) is 15.2. The number of hydrogen-bond acceptors (Lipinski definition) is 5. The van der Waals surface area contributed by atoms with Crippen LogP contribution in [0.5, 0.6) is 23.0 Å². The molecule has 0 bridgehead atoms. The summed E-state index contributed by atoms with van der Waals surface area (Å²) in [6.45, 7) is 0.309. The molecule has 1 unspecified atom stereocenters. The summed E-state index contributed by atoms with van der Waals surface area (Å²) in [5, 5.41) is 2.70. The summed E-state index contributed by atoms with van der Waals surface area (Å²) in [4.78, 5) is 14.4. The lowest BCUT2D eigenvalue weighted by atomic mass is 10.0. The first kappa shape index (κ1) is 17.7. The van der Waals surface area contributed by atoms with Crippen LogP contribution in [-0.4, -0.2) is 41.0 Å². The number of carbonyl (C=O) groups is 1. The van der Waals surface area contributed by atoms with Gasteiger partial charge in [0.15, 0.2) is 5.75 Å². The number of fused-ring (bicyclic) bond motifs is 1. The predicted octanol–water partition coefficient (Wildman–Crippen LogP) is 2.99. The van der Waals surface area contributed by atoms with Gasteiger partial charge in [0.1, 0.15) is 29.5 Å². The number of nitrogens with one attached hydrogen (secondary N) is 1. The minimum absolute atomic E-state index is 0.251. The number of anilines is 1. The van der Waals surface area contributed by atoms with E-state index in [1.54, 1.807) is 45.4 Å². The molecule has 7 heteroatoms. The van der Waals surface area contributed by atoms with Gasteiger partial charge in [-0.3, -0.25) is 4.90 Å². The Morgan fingerprint density at radius 2 is 1.77 bits per heavy atom. The van der Waals surface area contributed by atoms with Crippen molar-refractivity contribution in [3.05, 3.63) is 42.0 Å². The van der Waals surface area contributed by atoms with Gasteiger partial charge in [-0.05, 0) is 17.7 Å². The first-order valence-corrected chi connectivity index (χ1v) is 8.16. The Morgan fingerprint density at radius 3 is 2.35 bits per heavy atom. The van der Waals surface area contributed by atoms with Crippen LogP contribution in [0.25, 0.3) is 0 Å². The molecule has 0 aromatic heterocycles. The third-order valence-corrected chi connectivity index (χ3v) is 4.35. The first-order valence-electron chi connectivity index (χ1n) is 8.16. The Labute approximate surface area is 152 Å². The standard InChI is InChI=1S/C19H22N2O5/c1-20-19(22)21-15(12-5-7-13(23-2)8-6-12)11-26-17-10-14(24-3)9-16(25-4)18(17)21/h5-10,15H,11H2,1-4H3,(H,20,22). The Morgan fingerprint density at radius 1 is 1.08 bits per heavy atom. The van der Waals surface area contributed by atoms with Gasteiger partial charge >= 0.3 is 6.03 Å². The zero-order chi connectivity index (χ0) is 18.7. The molecule has 1 N–H and O–H groups in total. The van der Waals surface area contributed by atoms with Crippen molar-refractivity contribution in [3.8, 4) is 23.0 Å². The average Bonchev–Trinajstić information content (AvgIpc) is 2.71. The molecule has 1 atom stereocenters. The fourth-order valence-corrected chi connectivity index (χ4v) is 3.01. The summed E-state index contributed by atoms with van der Waals surface area (Å²) < 4.78 is 21.9. The fourth-order valence-electron chi connectivity index (χ4n) is 3.01. The minimum Gasteiger partial charge on any atom is -0.497 e. The second-order valence-corrected chi connectivity index (χ2v) is 5.70. The number of carbonyl (C=O) groups excluding carboxylic acids is 1. The van der Waals surface area contributed by atoms with Gasteiger partial charge in [-0.25, -0.2) is 4.79 Å². The SMILES string of the molecule is CNC(=O)N1c2c(OC)cc(OC)cc2OCC1c1ccc(OC)cc1. The lowest BCUT2D eigenvalue weighted by Crippen LogP contribution is -2.45. The largest absolute Gasteiger partial charge is 0.497 e. The van der Waals surface area contributed by atoms with E-state index in [0.717, 1.165) is 11.3 Å². The number of nitrogens with zero attached hydrogens (tertiary/aromatic N) is 1. The second-order valence-electron chi connectivity index (χ2n) is 5.70. The molecule has 0 aliphatic carbocycles. The summed E-state index contributed by atoms with van der Waals surface area (Å²) in [5.74, 6) is 2.38. The maximum Gasteiger partial charge on any atom is 0.322 e. The van der Waals surface area contributed by atoms with Crippen LogP contribution in [0, 0.1) is 0 Å². The van der Waals surface area contributed by atoms with Crippen LogP contribution in [0.3, 0.4) is 0 Å². The van der Waals surface area contributed by atoms with Crippen molar-refractivity contribution >= 4 is 11.7 Å². The molecule has 0 spiro atoms. The van der Waals surface area contributed by atoms with Gasteiger partial charge in [0.25, 0.3) is 0 Å². The topological polar surface area (TPSA) is 69.3 Å². The number of hydrogen-bond donors (Lipinski definition) is 1. The van der Waals surface area contributed by atoms with Crippen molar-refractivity contribution in [1.82, 2.24) is 5.32 Å². The molecule has 7 nitrogen and oxygen atoms in total. The van der Waals surface area contributed by atoms with Crippen LogP contribution in [0.1, 0.15) is 11.6 Å². The van der Waals surface area contributed by atoms with E-state index in [2.05, 4.69) is 5.32 Å². The van der Waals surface area contributed by atoms with Gasteiger partial charge in [0.05, 0.1) is 27.4 Å². The van der Waals surface area contributed by atoms with Crippen molar-refractivity contribution in [1.29, 1.82) is 0 Å². The monoisotopic (exact) mass is 358 g/mol. The summed E-state index contributed by atoms with van der Waals surface area (Å²) in [7, 11) is 6.33. The van der Waals surface area contributed by atoms with Gasteiger partial charge < -0.3 is 24.3 Å². The zero-order valence-corrected chi connectivity index (χ0v) is 15.2. The molecule has 0 radical (unpaired) electrons. The summed E-state index contributed by atoms with van der Waals surface area (Å²) in [6.07, 6.45) is 0. The van der Waals surface area contributed by atoms with E-state index >= 15 is 0 Å². The third kappa shape index (κ3) is 3.08. The van der Waals surface area contributed by atoms with Gasteiger partial charge in [0, 0.05) is 19.2 Å². The van der Waals surface area contributed by atoms with E-state index in [1.165, 1.54) is 0 Å². The van der Waals surface area contributed by atoms with Crippen molar-refractivity contribution in [2.75, 3.05) is 39.9 Å². The number of amides is 2. The molecule has 0 saturated carbocycles. The minimum atomic E-state index is -0.310. The molecule has 1 aliphatic rings. The lowest BCUT2D eigenvalue weighted by molar-refractivity contribution is 0.227. The summed E-state index contributed by atoms with van der Waals surface area (Å²) >= 11 is 0. The Hall–Kier alpha value is -3.09. The van der Waals surface area contributed by atoms with Crippen LogP contribution in [0.2, 0.25) is 0 Å². The second kappa shape index (κ2) is 7.43. The van der Waals surface area contributed by atoms with Crippen LogP contribution < -0.4 is 29.2 Å². The number of ether oxygens (including phenoxy) is 4. The Bertz CT molecular complexity index is 774. The van der Waals surface area contributed by atoms with E-state index in [0.29, 0.717) is 29.5 Å². The van der Waals surface area contributed by atoms with E-state index in [9.17, 15) is 4.79 Å². The van der Waals surface area contributed by atoms with Crippen molar-refractivity contribution in [2.45, 2.75) is 6.04 Å². The summed E-state index contributed by atoms with van der Waals surface area (Å²) in [6, 6.07) is 10.5. The maximum atomic E-state index is 12.7. The number of urea groups is 1. The molecule has 1 aliphatic heterocycles. The highest BCUT2D eigenvalue weighted by molar-refractivity contribution is 5.97. The van der Waals surface area contributed by atoms with Crippen LogP contribution in [-0.2, 0) is 0 Å². The van der Waals surface area contributed by atoms with E-state index in [-0.39, 0.29) is 12.1 Å². The van der Waals surface area contributed by atoms with Gasteiger partial charge in [-0.15, -0.1) is 0 Å². The molecular formula is C19H22N2O5. The molecule has 1 heterocycles. The summed E-state index contributed by atoms with van der Waals surface area (Å²) in [5.41, 5.74) is 1.50. The smallest absolute Gasteiger partial charge is 0.322 e. The van der Waals surface area contributed by atoms with Crippen molar-refractivity contribution in [3.63, 3.8) is 0 Å². The quantitative estimate of drug-likeness (QED) is 0.910. The van der Waals surface area contributed by atoms with Crippen molar-refractivity contribution in [2.24, 2.45) is 0 Å². The van der Waals surface area contributed by atoms with E-state index in [4.69, 9.17) is 18.9 Å². The first-order chi connectivity index (χ1) is 12.6. The fraction of sp³-hybridized carbons (Fsp3) is 0.316. The highest BCUT2D eigenvalue weighted by Crippen LogP contribution is 2.47. The van der Waals surface area contributed by atoms with Crippen LogP contribution >= 0.6 is 0 Å². The normalized spacial score (nSPS) is 15.5. The molecule has 2 aromatic carbocycles. The van der Waals surface area contributed by atoms with E-state index < -0.39 is 0 Å². The molecule has 0 saturated heterocycles. The average molecular weight is 358 g/mol. The molecule has 26 heavy (non-hydrogen) atoms. The highest BCUT2D eigenvalue weighted by Gasteiger charge is 2.36.